The minimum Gasteiger partial charge on any atom is -0.491 e. The largest absolute Gasteiger partial charge is 0.491 e. The molecule has 2 atom stereocenters. The molecule has 0 bridgehead atoms. The van der Waals surface area contributed by atoms with Gasteiger partial charge < -0.3 is 9.47 Å². The molecule has 27 heavy (non-hydrogen) atoms. The van der Waals surface area contributed by atoms with E-state index in [2.05, 4.69) is 47.8 Å². The van der Waals surface area contributed by atoms with E-state index in [1.165, 1.54) is 18.4 Å². The van der Waals surface area contributed by atoms with E-state index >= 15 is 0 Å². The molecular weight excluding hydrogens is 338 g/mol. The van der Waals surface area contributed by atoms with Gasteiger partial charge in [0.15, 0.2) is 5.75 Å². The first kappa shape index (κ1) is 19.6. The Morgan fingerprint density at radius 3 is 2.52 bits per heavy atom. The fraction of sp³-hybridized carbons (Fsp3) is 0.545. The number of piperidine rings is 1. The molecular formula is C22H31N3O2. The topological polar surface area (TPSA) is 47.5 Å². The normalized spacial score (nSPS) is 18.9. The highest BCUT2D eigenvalue weighted by Gasteiger charge is 2.26. The van der Waals surface area contributed by atoms with Crippen molar-refractivity contribution in [1.29, 1.82) is 0 Å². The number of rotatable bonds is 6. The number of hydrogen-bond donors (Lipinski definition) is 0. The summed E-state index contributed by atoms with van der Waals surface area (Å²) in [5.41, 5.74) is 4.66. The van der Waals surface area contributed by atoms with Gasteiger partial charge in [-0.2, -0.15) is 0 Å². The minimum atomic E-state index is 0.258. The zero-order valence-corrected chi connectivity index (χ0v) is 17.2. The van der Waals surface area contributed by atoms with Crippen molar-refractivity contribution in [2.75, 3.05) is 27.3 Å². The number of likely N-dealkylation sites (tertiary alicyclic amines) is 1. The number of aryl methyl sites for hydroxylation is 2. The van der Waals surface area contributed by atoms with Crippen molar-refractivity contribution >= 4 is 0 Å². The van der Waals surface area contributed by atoms with Crippen LogP contribution in [0.2, 0.25) is 0 Å². The Balaban J connectivity index is 1.70. The van der Waals surface area contributed by atoms with Gasteiger partial charge in [0.05, 0.1) is 19.9 Å². The number of nitrogens with zero attached hydrogens (tertiary/aromatic N) is 3. The van der Waals surface area contributed by atoms with Gasteiger partial charge in [-0.05, 0) is 82.3 Å². The fourth-order valence-corrected chi connectivity index (χ4v) is 4.15. The predicted molar refractivity (Wildman–Crippen MR) is 107 cm³/mol. The van der Waals surface area contributed by atoms with E-state index in [9.17, 15) is 0 Å². The summed E-state index contributed by atoms with van der Waals surface area (Å²) in [4.78, 5) is 11.7. The maximum Gasteiger partial charge on any atom is 0.257 e. The first-order chi connectivity index (χ1) is 13.0. The maximum atomic E-state index is 5.38. The van der Waals surface area contributed by atoms with Crippen LogP contribution in [0.1, 0.15) is 48.5 Å². The van der Waals surface area contributed by atoms with E-state index in [-0.39, 0.29) is 6.04 Å². The molecule has 1 fully saturated rings. The molecule has 5 nitrogen and oxygen atoms in total. The zero-order valence-electron chi connectivity index (χ0n) is 17.2. The lowest BCUT2D eigenvalue weighted by Crippen LogP contribution is -2.38. The number of pyridine rings is 2. The van der Waals surface area contributed by atoms with Crippen LogP contribution in [0.5, 0.6) is 11.6 Å². The van der Waals surface area contributed by atoms with Gasteiger partial charge in [0.25, 0.3) is 5.88 Å². The summed E-state index contributed by atoms with van der Waals surface area (Å²) in [5.74, 6) is 1.90. The monoisotopic (exact) mass is 369 g/mol. The first-order valence-corrected chi connectivity index (χ1v) is 9.77. The second-order valence-electron chi connectivity index (χ2n) is 7.59. The molecule has 0 aromatic carbocycles. The lowest BCUT2D eigenvalue weighted by atomic mass is 9.90. The highest BCUT2D eigenvalue weighted by atomic mass is 16.5. The summed E-state index contributed by atoms with van der Waals surface area (Å²) in [7, 11) is 3.27. The number of hydrogen-bond acceptors (Lipinski definition) is 5. The van der Waals surface area contributed by atoms with Gasteiger partial charge in [-0.1, -0.05) is 0 Å². The van der Waals surface area contributed by atoms with Gasteiger partial charge in [0, 0.05) is 24.0 Å². The van der Waals surface area contributed by atoms with Crippen molar-refractivity contribution in [3.8, 4) is 11.6 Å². The number of methoxy groups -OCH3 is 2. The van der Waals surface area contributed by atoms with Crippen LogP contribution < -0.4 is 9.47 Å². The summed E-state index contributed by atoms with van der Waals surface area (Å²) in [6, 6.07) is 8.71. The van der Waals surface area contributed by atoms with Crippen molar-refractivity contribution < 1.29 is 9.47 Å². The van der Waals surface area contributed by atoms with Gasteiger partial charge in [0.1, 0.15) is 0 Å². The van der Waals surface area contributed by atoms with E-state index in [0.29, 0.717) is 17.5 Å². The molecule has 0 radical (unpaired) electrons. The van der Waals surface area contributed by atoms with Crippen LogP contribution in [0, 0.1) is 19.8 Å². The molecule has 0 N–H and O–H groups in total. The summed E-state index contributed by atoms with van der Waals surface area (Å²) >= 11 is 0. The molecule has 0 spiro atoms. The second kappa shape index (κ2) is 8.70. The van der Waals surface area contributed by atoms with Crippen molar-refractivity contribution in [2.24, 2.45) is 5.92 Å². The van der Waals surface area contributed by atoms with Crippen LogP contribution in [0.3, 0.4) is 0 Å². The molecule has 3 rings (SSSR count). The predicted octanol–water partition coefficient (Wildman–Crippen LogP) is 4.13. The van der Waals surface area contributed by atoms with Crippen LogP contribution in [0.4, 0.5) is 0 Å². The Morgan fingerprint density at radius 1 is 1.11 bits per heavy atom. The molecule has 0 amide bonds. The van der Waals surface area contributed by atoms with Gasteiger partial charge in [-0.25, -0.2) is 4.98 Å². The van der Waals surface area contributed by atoms with E-state index in [0.717, 1.165) is 36.6 Å². The summed E-state index contributed by atoms with van der Waals surface area (Å²) < 4.78 is 10.7. The highest BCUT2D eigenvalue weighted by Crippen LogP contribution is 2.31. The fourth-order valence-electron chi connectivity index (χ4n) is 4.15. The van der Waals surface area contributed by atoms with Crippen LogP contribution in [0.25, 0.3) is 0 Å². The molecule has 2 aromatic heterocycles. The number of ether oxygens (including phenoxy) is 2. The second-order valence-corrected chi connectivity index (χ2v) is 7.59. The smallest absolute Gasteiger partial charge is 0.257 e. The molecule has 0 aliphatic carbocycles. The zero-order chi connectivity index (χ0) is 19.4. The Bertz CT molecular complexity index is 758. The van der Waals surface area contributed by atoms with Crippen LogP contribution in [0.15, 0.2) is 24.3 Å². The molecule has 1 aliphatic heterocycles. The molecule has 2 unspecified atom stereocenters. The maximum absolute atomic E-state index is 5.38. The van der Waals surface area contributed by atoms with E-state index < -0.39 is 0 Å². The quantitative estimate of drug-likeness (QED) is 0.766. The average molecular weight is 370 g/mol. The van der Waals surface area contributed by atoms with Crippen molar-refractivity contribution in [3.63, 3.8) is 0 Å². The van der Waals surface area contributed by atoms with Gasteiger partial charge in [-0.15, -0.1) is 0 Å². The molecule has 2 aromatic rings. The molecule has 0 saturated carbocycles. The van der Waals surface area contributed by atoms with Crippen molar-refractivity contribution in [3.05, 3.63) is 46.9 Å². The average Bonchev–Trinajstić information content (AvgIpc) is 2.66. The SMILES string of the molecule is COc1ccc(C(C)N2CCCC(Cc3cc(C)nc(C)c3)C2)nc1OC. The lowest BCUT2D eigenvalue weighted by molar-refractivity contribution is 0.128. The van der Waals surface area contributed by atoms with Gasteiger partial charge in [0.2, 0.25) is 0 Å². The van der Waals surface area contributed by atoms with Gasteiger partial charge in [-0.3, -0.25) is 9.88 Å². The molecule has 1 saturated heterocycles. The van der Waals surface area contributed by atoms with Crippen molar-refractivity contribution in [2.45, 2.75) is 46.1 Å². The summed E-state index contributed by atoms with van der Waals surface area (Å²) in [6.07, 6.45) is 3.63. The first-order valence-electron chi connectivity index (χ1n) is 9.77. The van der Waals surface area contributed by atoms with Crippen molar-refractivity contribution in [1.82, 2.24) is 14.9 Å². The van der Waals surface area contributed by atoms with E-state index in [4.69, 9.17) is 9.47 Å². The third kappa shape index (κ3) is 4.78. The van der Waals surface area contributed by atoms with E-state index in [1.807, 2.05) is 12.1 Å². The third-order valence-electron chi connectivity index (χ3n) is 5.45. The van der Waals surface area contributed by atoms with E-state index in [1.54, 1.807) is 14.2 Å². The Morgan fingerprint density at radius 2 is 1.85 bits per heavy atom. The summed E-state index contributed by atoms with van der Waals surface area (Å²) in [6.45, 7) is 8.60. The van der Waals surface area contributed by atoms with Gasteiger partial charge >= 0.3 is 0 Å². The molecule has 3 heterocycles. The van der Waals surface area contributed by atoms with Crippen LogP contribution >= 0.6 is 0 Å². The molecule has 1 aliphatic rings. The minimum absolute atomic E-state index is 0.258. The molecule has 5 heteroatoms. The molecule has 146 valence electrons. The highest BCUT2D eigenvalue weighted by molar-refractivity contribution is 5.35. The Labute approximate surface area is 162 Å². The third-order valence-corrected chi connectivity index (χ3v) is 5.45. The standard InChI is InChI=1S/C22H31N3O2/c1-15-11-19(12-16(2)23-15)13-18-7-6-10-25(14-18)17(3)20-8-9-21(26-4)22(24-20)27-5/h8-9,11-12,17-18H,6-7,10,13-14H2,1-5H3. The lowest BCUT2D eigenvalue weighted by Gasteiger charge is -2.36. The van der Waals surface area contributed by atoms with Crippen LogP contribution in [-0.2, 0) is 6.42 Å². The number of aromatic nitrogens is 2. The Kier molecular flexibility index (Phi) is 6.32. The summed E-state index contributed by atoms with van der Waals surface area (Å²) in [5, 5.41) is 0. The Hall–Kier alpha value is -2.14. The van der Waals surface area contributed by atoms with Crippen LogP contribution in [-0.4, -0.2) is 42.2 Å².